The molecule has 116 valence electrons. The van der Waals surface area contributed by atoms with Gasteiger partial charge in [-0.05, 0) is 62.8 Å². The molecule has 0 aliphatic carbocycles. The van der Waals surface area contributed by atoms with Crippen molar-refractivity contribution < 1.29 is 4.74 Å². The van der Waals surface area contributed by atoms with Gasteiger partial charge >= 0.3 is 0 Å². The zero-order valence-corrected chi connectivity index (χ0v) is 13.4. The molecule has 0 radical (unpaired) electrons. The number of ether oxygens (including phenoxy) is 1. The van der Waals surface area contributed by atoms with Crippen LogP contribution in [-0.4, -0.2) is 43.7 Å². The van der Waals surface area contributed by atoms with Crippen LogP contribution in [0.25, 0.3) is 0 Å². The van der Waals surface area contributed by atoms with E-state index in [0.717, 1.165) is 30.7 Å². The van der Waals surface area contributed by atoms with Gasteiger partial charge in [-0.1, -0.05) is 12.1 Å². The number of benzene rings is 1. The van der Waals surface area contributed by atoms with Crippen LogP contribution in [0.4, 0.5) is 0 Å². The number of aryl methyl sites for hydroxylation is 2. The van der Waals surface area contributed by atoms with Crippen molar-refractivity contribution in [3.05, 3.63) is 29.3 Å². The summed E-state index contributed by atoms with van der Waals surface area (Å²) in [4.78, 5) is 2.61. The minimum Gasteiger partial charge on any atom is -0.493 e. The summed E-state index contributed by atoms with van der Waals surface area (Å²) in [5.74, 6) is 1.94. The Kier molecular flexibility index (Phi) is 4.81. The Balaban J connectivity index is 1.39. The summed E-state index contributed by atoms with van der Waals surface area (Å²) in [6.45, 7) is 9.94. The van der Waals surface area contributed by atoms with Crippen LogP contribution in [0.15, 0.2) is 18.2 Å². The van der Waals surface area contributed by atoms with Crippen molar-refractivity contribution in [3.8, 4) is 5.75 Å². The van der Waals surface area contributed by atoms with E-state index in [1.54, 1.807) is 0 Å². The molecule has 2 atom stereocenters. The Morgan fingerprint density at radius 3 is 3.05 bits per heavy atom. The highest BCUT2D eigenvalue weighted by atomic mass is 16.5. The minimum atomic E-state index is 0.749. The maximum absolute atomic E-state index is 5.95. The molecule has 3 nitrogen and oxygen atoms in total. The van der Waals surface area contributed by atoms with Gasteiger partial charge in [-0.2, -0.15) is 0 Å². The summed E-state index contributed by atoms with van der Waals surface area (Å²) >= 11 is 0. The summed E-state index contributed by atoms with van der Waals surface area (Å²) in [6, 6.07) is 7.17. The first-order chi connectivity index (χ1) is 10.2. The Labute approximate surface area is 128 Å². The van der Waals surface area contributed by atoms with E-state index >= 15 is 0 Å². The number of piperidine rings is 1. The summed E-state index contributed by atoms with van der Waals surface area (Å²) in [5, 5.41) is 3.67. The molecule has 0 amide bonds. The number of hydrogen-bond donors (Lipinski definition) is 1. The lowest BCUT2D eigenvalue weighted by molar-refractivity contribution is 0.256. The highest BCUT2D eigenvalue weighted by molar-refractivity contribution is 5.35. The quantitative estimate of drug-likeness (QED) is 0.843. The maximum Gasteiger partial charge on any atom is 0.122 e. The lowest BCUT2D eigenvalue weighted by atomic mass is 9.94. The van der Waals surface area contributed by atoms with Crippen LogP contribution in [-0.2, 0) is 0 Å². The third kappa shape index (κ3) is 3.78. The normalized spacial score (nSPS) is 25.8. The lowest BCUT2D eigenvalue weighted by Crippen LogP contribution is -2.40. The summed E-state index contributed by atoms with van der Waals surface area (Å²) in [7, 11) is 0. The summed E-state index contributed by atoms with van der Waals surface area (Å²) in [5.41, 5.74) is 2.50. The molecule has 0 bridgehead atoms. The van der Waals surface area contributed by atoms with E-state index in [9.17, 15) is 0 Å². The molecule has 21 heavy (non-hydrogen) atoms. The van der Waals surface area contributed by atoms with Crippen molar-refractivity contribution in [2.45, 2.75) is 39.2 Å². The smallest absolute Gasteiger partial charge is 0.122 e. The molecular formula is C18H28N2O. The van der Waals surface area contributed by atoms with Crippen molar-refractivity contribution >= 4 is 0 Å². The van der Waals surface area contributed by atoms with E-state index in [1.165, 1.54) is 50.1 Å². The molecule has 0 saturated carbocycles. The highest BCUT2D eigenvalue weighted by Crippen LogP contribution is 2.25. The number of fused-ring (bicyclic) bond motifs is 1. The van der Waals surface area contributed by atoms with Gasteiger partial charge in [0, 0.05) is 25.7 Å². The van der Waals surface area contributed by atoms with Gasteiger partial charge in [-0.15, -0.1) is 0 Å². The predicted octanol–water partition coefficient (Wildman–Crippen LogP) is 2.76. The van der Waals surface area contributed by atoms with Crippen LogP contribution in [0.5, 0.6) is 5.75 Å². The second-order valence-corrected chi connectivity index (χ2v) is 6.69. The minimum absolute atomic E-state index is 0.749. The van der Waals surface area contributed by atoms with Crippen LogP contribution >= 0.6 is 0 Å². The zero-order chi connectivity index (χ0) is 14.7. The van der Waals surface area contributed by atoms with E-state index in [4.69, 9.17) is 4.74 Å². The predicted molar refractivity (Wildman–Crippen MR) is 87.0 cm³/mol. The first kappa shape index (κ1) is 14.9. The first-order valence-electron chi connectivity index (χ1n) is 8.38. The SMILES string of the molecule is Cc1ccc(C)c(OCCCN2CC3CCCNC3C2)c1. The van der Waals surface area contributed by atoms with Crippen molar-refractivity contribution in [1.82, 2.24) is 10.2 Å². The average Bonchev–Trinajstić information content (AvgIpc) is 2.89. The van der Waals surface area contributed by atoms with E-state index < -0.39 is 0 Å². The Morgan fingerprint density at radius 2 is 2.19 bits per heavy atom. The monoisotopic (exact) mass is 288 g/mol. The van der Waals surface area contributed by atoms with Gasteiger partial charge < -0.3 is 15.0 Å². The molecule has 0 spiro atoms. The molecule has 3 rings (SSSR count). The second-order valence-electron chi connectivity index (χ2n) is 6.69. The Bertz CT molecular complexity index is 460. The van der Waals surface area contributed by atoms with Gasteiger partial charge in [-0.25, -0.2) is 0 Å². The fourth-order valence-corrected chi connectivity index (χ4v) is 3.65. The molecule has 0 aromatic heterocycles. The molecule has 3 heteroatoms. The molecule has 2 fully saturated rings. The molecule has 1 aromatic rings. The van der Waals surface area contributed by atoms with Gasteiger partial charge in [0.25, 0.3) is 0 Å². The lowest BCUT2D eigenvalue weighted by Gasteiger charge is -2.24. The van der Waals surface area contributed by atoms with Gasteiger partial charge in [0.1, 0.15) is 5.75 Å². The van der Waals surface area contributed by atoms with Gasteiger partial charge in [0.05, 0.1) is 6.61 Å². The average molecular weight is 288 g/mol. The fourth-order valence-electron chi connectivity index (χ4n) is 3.65. The Hall–Kier alpha value is -1.06. The molecule has 1 N–H and O–H groups in total. The molecule has 2 heterocycles. The van der Waals surface area contributed by atoms with Crippen LogP contribution in [0.1, 0.15) is 30.4 Å². The number of nitrogens with zero attached hydrogens (tertiary/aromatic N) is 1. The van der Waals surface area contributed by atoms with Crippen molar-refractivity contribution in [2.24, 2.45) is 5.92 Å². The van der Waals surface area contributed by atoms with Crippen molar-refractivity contribution in [2.75, 3.05) is 32.8 Å². The topological polar surface area (TPSA) is 24.5 Å². The van der Waals surface area contributed by atoms with Crippen molar-refractivity contribution in [3.63, 3.8) is 0 Å². The number of rotatable bonds is 5. The van der Waals surface area contributed by atoms with Crippen LogP contribution in [0.2, 0.25) is 0 Å². The largest absolute Gasteiger partial charge is 0.493 e. The number of likely N-dealkylation sites (tertiary alicyclic amines) is 1. The first-order valence-corrected chi connectivity index (χ1v) is 8.38. The third-order valence-electron chi connectivity index (χ3n) is 4.89. The van der Waals surface area contributed by atoms with Crippen LogP contribution in [0.3, 0.4) is 0 Å². The standard InChI is InChI=1S/C18H28N2O/c1-14-6-7-15(2)18(11-14)21-10-4-9-20-12-16-5-3-8-19-17(16)13-20/h6-7,11,16-17,19H,3-5,8-10,12-13H2,1-2H3. The maximum atomic E-state index is 5.95. The molecular weight excluding hydrogens is 260 g/mol. The highest BCUT2D eigenvalue weighted by Gasteiger charge is 2.33. The van der Waals surface area contributed by atoms with Gasteiger partial charge in [-0.3, -0.25) is 0 Å². The van der Waals surface area contributed by atoms with Crippen LogP contribution < -0.4 is 10.1 Å². The summed E-state index contributed by atoms with van der Waals surface area (Å²) < 4.78 is 5.95. The van der Waals surface area contributed by atoms with E-state index in [1.807, 2.05) is 0 Å². The molecule has 2 saturated heterocycles. The summed E-state index contributed by atoms with van der Waals surface area (Å²) in [6.07, 6.45) is 3.88. The second kappa shape index (κ2) is 6.80. The van der Waals surface area contributed by atoms with Crippen molar-refractivity contribution in [1.29, 1.82) is 0 Å². The molecule has 2 aliphatic heterocycles. The number of nitrogens with one attached hydrogen (secondary N) is 1. The third-order valence-corrected chi connectivity index (χ3v) is 4.89. The number of hydrogen-bond acceptors (Lipinski definition) is 3. The zero-order valence-electron chi connectivity index (χ0n) is 13.4. The van der Waals surface area contributed by atoms with Gasteiger partial charge in [0.2, 0.25) is 0 Å². The molecule has 1 aromatic carbocycles. The van der Waals surface area contributed by atoms with Gasteiger partial charge in [0.15, 0.2) is 0 Å². The van der Waals surface area contributed by atoms with E-state index in [2.05, 4.69) is 42.3 Å². The fraction of sp³-hybridized carbons (Fsp3) is 0.667. The van der Waals surface area contributed by atoms with E-state index in [0.29, 0.717) is 0 Å². The molecule has 2 unspecified atom stereocenters. The van der Waals surface area contributed by atoms with Crippen LogP contribution in [0, 0.1) is 19.8 Å². The molecule has 2 aliphatic rings. The Morgan fingerprint density at radius 1 is 1.29 bits per heavy atom. The van der Waals surface area contributed by atoms with E-state index in [-0.39, 0.29) is 0 Å².